The van der Waals surface area contributed by atoms with Gasteiger partial charge >= 0.3 is 0 Å². The fourth-order valence-electron chi connectivity index (χ4n) is 1.92. The first-order chi connectivity index (χ1) is 9.04. The maximum atomic E-state index is 11.8. The molecule has 0 aliphatic heterocycles. The van der Waals surface area contributed by atoms with E-state index in [1.807, 2.05) is 31.2 Å². The molecule has 5 nitrogen and oxygen atoms in total. The number of hydrogen-bond donors (Lipinski definition) is 2. The molecule has 0 atom stereocenters. The first-order valence-electron chi connectivity index (χ1n) is 5.75. The summed E-state index contributed by atoms with van der Waals surface area (Å²) in [6.07, 6.45) is 1.57. The number of para-hydroxylation sites is 2. The molecule has 0 spiro atoms. The molecule has 0 aliphatic carbocycles. The second-order valence-electron chi connectivity index (χ2n) is 4.15. The highest BCUT2D eigenvalue weighted by molar-refractivity contribution is 5.94. The predicted molar refractivity (Wildman–Crippen MR) is 74.3 cm³/mol. The molecule has 0 saturated heterocycles. The molecule has 1 heterocycles. The van der Waals surface area contributed by atoms with Gasteiger partial charge in [0.1, 0.15) is 11.6 Å². The van der Waals surface area contributed by atoms with Crippen molar-refractivity contribution in [3.63, 3.8) is 0 Å². The van der Waals surface area contributed by atoms with Crippen molar-refractivity contribution in [1.82, 2.24) is 4.57 Å². The van der Waals surface area contributed by atoms with Crippen LogP contribution in [0.1, 0.15) is 11.3 Å². The van der Waals surface area contributed by atoms with Gasteiger partial charge in [-0.3, -0.25) is 10.2 Å². The van der Waals surface area contributed by atoms with Crippen LogP contribution < -0.4 is 15.9 Å². The minimum Gasteiger partial charge on any atom is -0.495 e. The Morgan fingerprint density at radius 2 is 2.05 bits per heavy atom. The first-order valence-corrected chi connectivity index (χ1v) is 5.75. The van der Waals surface area contributed by atoms with Gasteiger partial charge in [-0.2, -0.15) is 0 Å². The van der Waals surface area contributed by atoms with Crippen LogP contribution in [0.5, 0.6) is 5.75 Å². The number of nitrogens with zero attached hydrogens (tertiary/aromatic N) is 1. The third kappa shape index (κ3) is 2.35. The van der Waals surface area contributed by atoms with E-state index in [9.17, 15) is 4.79 Å². The van der Waals surface area contributed by atoms with E-state index in [1.165, 1.54) is 6.07 Å². The summed E-state index contributed by atoms with van der Waals surface area (Å²) in [5, 5.41) is 7.44. The first kappa shape index (κ1) is 12.9. The molecule has 0 bridgehead atoms. The molecule has 0 amide bonds. The van der Waals surface area contributed by atoms with Crippen molar-refractivity contribution in [3.8, 4) is 11.4 Å². The standard InChI is InChI=1S/C14H15N3O2/c1-9-7-12(18)10(14(15)16)8-17(9)11-5-3-4-6-13(11)19-2/h3-8H,1-2H3,(H3,15,16). The van der Waals surface area contributed by atoms with Gasteiger partial charge in [-0.15, -0.1) is 0 Å². The topological polar surface area (TPSA) is 81.1 Å². The summed E-state index contributed by atoms with van der Waals surface area (Å²) >= 11 is 0. The van der Waals surface area contributed by atoms with Crippen molar-refractivity contribution in [1.29, 1.82) is 5.41 Å². The van der Waals surface area contributed by atoms with Crippen LogP contribution in [0.25, 0.3) is 5.69 Å². The molecule has 0 fully saturated rings. The zero-order chi connectivity index (χ0) is 14.0. The van der Waals surface area contributed by atoms with Crippen LogP contribution in [0.2, 0.25) is 0 Å². The zero-order valence-electron chi connectivity index (χ0n) is 10.8. The Morgan fingerprint density at radius 3 is 2.68 bits per heavy atom. The van der Waals surface area contributed by atoms with Crippen LogP contribution in [0.3, 0.4) is 0 Å². The average molecular weight is 257 g/mol. The monoisotopic (exact) mass is 257 g/mol. The van der Waals surface area contributed by atoms with E-state index in [0.29, 0.717) is 5.75 Å². The summed E-state index contributed by atoms with van der Waals surface area (Å²) in [4.78, 5) is 11.8. The van der Waals surface area contributed by atoms with Crippen molar-refractivity contribution in [2.24, 2.45) is 5.73 Å². The van der Waals surface area contributed by atoms with Gasteiger partial charge in [0.25, 0.3) is 0 Å². The van der Waals surface area contributed by atoms with E-state index in [-0.39, 0.29) is 16.8 Å². The maximum absolute atomic E-state index is 11.8. The number of methoxy groups -OCH3 is 1. The molecule has 0 radical (unpaired) electrons. The van der Waals surface area contributed by atoms with E-state index in [1.54, 1.807) is 17.9 Å². The van der Waals surface area contributed by atoms with Gasteiger partial charge in [0, 0.05) is 18.0 Å². The normalized spacial score (nSPS) is 10.2. The zero-order valence-corrected chi connectivity index (χ0v) is 10.8. The summed E-state index contributed by atoms with van der Waals surface area (Å²) in [6.45, 7) is 1.82. The Balaban J connectivity index is 2.72. The van der Waals surface area contributed by atoms with Crippen molar-refractivity contribution >= 4 is 5.84 Å². The maximum Gasteiger partial charge on any atom is 0.192 e. The minimum absolute atomic E-state index is 0.177. The molecule has 1 aromatic heterocycles. The highest BCUT2D eigenvalue weighted by Crippen LogP contribution is 2.23. The molecular weight excluding hydrogens is 242 g/mol. The van der Waals surface area contributed by atoms with Gasteiger partial charge in [-0.25, -0.2) is 0 Å². The molecule has 0 saturated carbocycles. The number of hydrogen-bond acceptors (Lipinski definition) is 3. The van der Waals surface area contributed by atoms with E-state index in [0.717, 1.165) is 11.4 Å². The lowest BCUT2D eigenvalue weighted by molar-refractivity contribution is 0.412. The summed E-state index contributed by atoms with van der Waals surface area (Å²) < 4.78 is 7.09. The van der Waals surface area contributed by atoms with Crippen LogP contribution in [-0.4, -0.2) is 17.5 Å². The third-order valence-electron chi connectivity index (χ3n) is 2.88. The Kier molecular flexibility index (Phi) is 3.37. The third-order valence-corrected chi connectivity index (χ3v) is 2.88. The number of aromatic nitrogens is 1. The predicted octanol–water partition coefficient (Wildman–Crippen LogP) is 1.44. The molecule has 0 aliphatic rings. The smallest absolute Gasteiger partial charge is 0.192 e. The van der Waals surface area contributed by atoms with Crippen molar-refractivity contribution in [2.45, 2.75) is 6.92 Å². The van der Waals surface area contributed by atoms with Crippen molar-refractivity contribution in [3.05, 3.63) is 58.0 Å². The number of ether oxygens (including phenoxy) is 1. The fraction of sp³-hybridized carbons (Fsp3) is 0.143. The highest BCUT2D eigenvalue weighted by Gasteiger charge is 2.10. The van der Waals surface area contributed by atoms with Crippen LogP contribution in [-0.2, 0) is 0 Å². The number of nitrogens with two attached hydrogens (primary N) is 1. The van der Waals surface area contributed by atoms with Gasteiger partial charge in [0.15, 0.2) is 5.43 Å². The fourth-order valence-corrected chi connectivity index (χ4v) is 1.92. The lowest BCUT2D eigenvalue weighted by Gasteiger charge is -2.15. The molecule has 19 heavy (non-hydrogen) atoms. The summed E-state index contributed by atoms with van der Waals surface area (Å²) in [5.74, 6) is 0.442. The number of benzene rings is 1. The van der Waals surface area contributed by atoms with Gasteiger partial charge in [-0.05, 0) is 19.1 Å². The lowest BCUT2D eigenvalue weighted by Crippen LogP contribution is -2.23. The van der Waals surface area contributed by atoms with E-state index >= 15 is 0 Å². The summed E-state index contributed by atoms with van der Waals surface area (Å²) in [7, 11) is 1.59. The lowest BCUT2D eigenvalue weighted by atomic mass is 10.2. The molecule has 1 aromatic carbocycles. The van der Waals surface area contributed by atoms with Crippen molar-refractivity contribution in [2.75, 3.05) is 7.11 Å². The average Bonchev–Trinajstić information content (AvgIpc) is 2.38. The van der Waals surface area contributed by atoms with Gasteiger partial charge in [0.05, 0.1) is 18.4 Å². The molecule has 2 rings (SSSR count). The second kappa shape index (κ2) is 4.97. The number of amidine groups is 1. The van der Waals surface area contributed by atoms with Gasteiger partial charge in [0.2, 0.25) is 0 Å². The van der Waals surface area contributed by atoms with Crippen LogP contribution in [0.15, 0.2) is 41.3 Å². The molecule has 98 valence electrons. The van der Waals surface area contributed by atoms with Crippen LogP contribution in [0, 0.1) is 12.3 Å². The number of nitrogen functional groups attached to an aromatic ring is 1. The minimum atomic E-state index is -0.254. The molecular formula is C14H15N3O2. The van der Waals surface area contributed by atoms with Crippen LogP contribution >= 0.6 is 0 Å². The Labute approximate surface area is 110 Å². The summed E-state index contributed by atoms with van der Waals surface area (Å²) in [6, 6.07) is 8.92. The Hall–Kier alpha value is -2.56. The number of aryl methyl sites for hydroxylation is 1. The van der Waals surface area contributed by atoms with Gasteiger partial charge < -0.3 is 15.0 Å². The SMILES string of the molecule is COc1ccccc1-n1cc(C(=N)N)c(=O)cc1C. The van der Waals surface area contributed by atoms with Gasteiger partial charge in [-0.1, -0.05) is 12.1 Å². The molecule has 5 heteroatoms. The van der Waals surface area contributed by atoms with Crippen molar-refractivity contribution < 1.29 is 4.74 Å². The van der Waals surface area contributed by atoms with E-state index < -0.39 is 0 Å². The molecule has 3 N–H and O–H groups in total. The largest absolute Gasteiger partial charge is 0.495 e. The number of rotatable bonds is 3. The Morgan fingerprint density at radius 1 is 1.37 bits per heavy atom. The van der Waals surface area contributed by atoms with E-state index in [4.69, 9.17) is 15.9 Å². The number of nitrogens with one attached hydrogen (secondary N) is 1. The quantitative estimate of drug-likeness (QED) is 0.645. The number of pyridine rings is 1. The molecule has 0 unspecified atom stereocenters. The highest BCUT2D eigenvalue weighted by atomic mass is 16.5. The summed E-state index contributed by atoms with van der Waals surface area (Å²) in [5.41, 5.74) is 6.89. The van der Waals surface area contributed by atoms with E-state index in [2.05, 4.69) is 0 Å². The Bertz CT molecular complexity index is 689. The molecule has 2 aromatic rings. The van der Waals surface area contributed by atoms with Crippen LogP contribution in [0.4, 0.5) is 0 Å². The second-order valence-corrected chi connectivity index (χ2v) is 4.15.